The van der Waals surface area contributed by atoms with Crippen molar-refractivity contribution in [1.82, 2.24) is 0 Å². The Labute approximate surface area is 59.0 Å². The van der Waals surface area contributed by atoms with E-state index in [1.807, 2.05) is 0 Å². The largest absolute Gasteiger partial charge is 0.377 e. The van der Waals surface area contributed by atoms with Gasteiger partial charge < -0.3 is 9.57 Å². The summed E-state index contributed by atoms with van der Waals surface area (Å²) in [5.41, 5.74) is -0.590. The van der Waals surface area contributed by atoms with E-state index >= 15 is 0 Å². The van der Waals surface area contributed by atoms with Crippen LogP contribution in [0.4, 0.5) is 0 Å². The highest BCUT2D eigenvalue weighted by Gasteiger charge is 2.17. The molecule has 0 spiro atoms. The van der Waals surface area contributed by atoms with Gasteiger partial charge in [0.05, 0.1) is 5.60 Å². The summed E-state index contributed by atoms with van der Waals surface area (Å²) in [6, 6.07) is 0. The van der Waals surface area contributed by atoms with Crippen LogP contribution in [0.5, 0.6) is 0 Å². The van der Waals surface area contributed by atoms with Crippen LogP contribution in [0.2, 0.25) is 0 Å². The molecule has 5 nitrogen and oxygen atoms in total. The number of rotatable bonds is 4. The van der Waals surface area contributed by atoms with Crippen LogP contribution < -0.4 is 0 Å². The van der Waals surface area contributed by atoms with Gasteiger partial charge in [-0.05, 0) is 13.8 Å². The summed E-state index contributed by atoms with van der Waals surface area (Å²) in [6.07, 6.45) is 0. The molecule has 0 saturated carbocycles. The van der Waals surface area contributed by atoms with E-state index < -0.39 is 10.7 Å². The minimum absolute atomic E-state index is 0.0451. The van der Waals surface area contributed by atoms with Crippen LogP contribution in [0.25, 0.3) is 0 Å². The molecule has 0 saturated heterocycles. The van der Waals surface area contributed by atoms with Crippen molar-refractivity contribution in [1.29, 1.82) is 0 Å². The summed E-state index contributed by atoms with van der Waals surface area (Å²) >= 11 is 0. The number of hydrogen-bond acceptors (Lipinski definition) is 4. The smallest absolute Gasteiger partial charge is 0.294 e. The molecule has 0 unspecified atom stereocenters. The fourth-order valence-corrected chi connectivity index (χ4v) is 0.267. The topological polar surface area (TPSA) is 61.6 Å². The lowest BCUT2D eigenvalue weighted by Crippen LogP contribution is -2.30. The molecule has 0 N–H and O–H groups in total. The zero-order chi connectivity index (χ0) is 8.20. The molecule has 5 heteroatoms. The number of nitrogens with zero attached hydrogens (tertiary/aromatic N) is 1. The minimum atomic E-state index is -0.833. The highest BCUT2D eigenvalue weighted by Crippen LogP contribution is 2.06. The SMILES string of the molecule is COC(C)(C)CO[N+](=O)[O-]. The van der Waals surface area contributed by atoms with E-state index in [2.05, 4.69) is 4.84 Å². The van der Waals surface area contributed by atoms with Gasteiger partial charge in [-0.1, -0.05) is 0 Å². The molecule has 0 heterocycles. The van der Waals surface area contributed by atoms with Crippen molar-refractivity contribution in [3.05, 3.63) is 10.1 Å². The normalized spacial score (nSPS) is 11.1. The van der Waals surface area contributed by atoms with E-state index in [1.165, 1.54) is 7.11 Å². The van der Waals surface area contributed by atoms with Gasteiger partial charge in [0.1, 0.15) is 6.61 Å². The molecule has 0 bridgehead atoms. The Hall–Kier alpha value is -0.840. The molecule has 0 aromatic heterocycles. The molecule has 0 aliphatic carbocycles. The van der Waals surface area contributed by atoms with E-state index in [0.29, 0.717) is 0 Å². The van der Waals surface area contributed by atoms with E-state index in [9.17, 15) is 10.1 Å². The summed E-state index contributed by atoms with van der Waals surface area (Å²) in [5.74, 6) is 0. The van der Waals surface area contributed by atoms with Gasteiger partial charge in [-0.15, -0.1) is 10.1 Å². The second kappa shape index (κ2) is 3.36. The molecule has 0 atom stereocenters. The average molecular weight is 149 g/mol. The summed E-state index contributed by atoms with van der Waals surface area (Å²) < 4.78 is 4.86. The predicted molar refractivity (Wildman–Crippen MR) is 34.0 cm³/mol. The second-order valence-corrected chi connectivity index (χ2v) is 2.46. The third-order valence-electron chi connectivity index (χ3n) is 1.07. The Morgan fingerprint density at radius 3 is 2.40 bits per heavy atom. The van der Waals surface area contributed by atoms with Crippen LogP contribution in [-0.4, -0.2) is 24.4 Å². The Balaban J connectivity index is 3.56. The molecule has 0 aromatic rings. The molecule has 10 heavy (non-hydrogen) atoms. The Bertz CT molecular complexity index is 123. The maximum atomic E-state index is 9.69. The van der Waals surface area contributed by atoms with Crippen molar-refractivity contribution in [2.45, 2.75) is 19.4 Å². The van der Waals surface area contributed by atoms with Crippen LogP contribution in [0.1, 0.15) is 13.8 Å². The molecule has 0 amide bonds. The number of ether oxygens (including phenoxy) is 1. The van der Waals surface area contributed by atoms with Crippen molar-refractivity contribution < 1.29 is 14.7 Å². The van der Waals surface area contributed by atoms with Gasteiger partial charge in [-0.2, -0.15) is 0 Å². The van der Waals surface area contributed by atoms with E-state index in [4.69, 9.17) is 4.74 Å². The van der Waals surface area contributed by atoms with Gasteiger partial charge in [0.15, 0.2) is 0 Å². The van der Waals surface area contributed by atoms with Crippen LogP contribution in [0, 0.1) is 10.1 Å². The van der Waals surface area contributed by atoms with Crippen LogP contribution in [0.3, 0.4) is 0 Å². The Morgan fingerprint density at radius 2 is 2.10 bits per heavy atom. The number of methoxy groups -OCH3 is 1. The van der Waals surface area contributed by atoms with Crippen molar-refractivity contribution in [2.75, 3.05) is 13.7 Å². The minimum Gasteiger partial charge on any atom is -0.377 e. The van der Waals surface area contributed by atoms with Gasteiger partial charge in [-0.25, -0.2) is 0 Å². The first kappa shape index (κ1) is 9.16. The van der Waals surface area contributed by atoms with Gasteiger partial charge >= 0.3 is 0 Å². The number of hydrogen-bond donors (Lipinski definition) is 0. The molecule has 0 fully saturated rings. The summed E-state index contributed by atoms with van der Waals surface area (Å²) in [5, 5.41) is 8.86. The fraction of sp³-hybridized carbons (Fsp3) is 1.00. The zero-order valence-corrected chi connectivity index (χ0v) is 6.29. The standard InChI is InChI=1S/C5H11NO4/c1-5(2,9-3)4-10-6(7)8/h4H2,1-3H3. The van der Waals surface area contributed by atoms with Crippen molar-refractivity contribution >= 4 is 0 Å². The molecule has 0 aromatic carbocycles. The van der Waals surface area contributed by atoms with Crippen LogP contribution >= 0.6 is 0 Å². The molecule has 60 valence electrons. The Kier molecular flexibility index (Phi) is 3.08. The van der Waals surface area contributed by atoms with E-state index in [1.54, 1.807) is 13.8 Å². The van der Waals surface area contributed by atoms with E-state index in [-0.39, 0.29) is 6.61 Å². The van der Waals surface area contributed by atoms with Gasteiger partial charge in [-0.3, -0.25) is 0 Å². The summed E-state index contributed by atoms with van der Waals surface area (Å²) in [4.78, 5) is 13.8. The predicted octanol–water partition coefficient (Wildman–Crippen LogP) is 0.620. The lowest BCUT2D eigenvalue weighted by molar-refractivity contribution is -0.760. The van der Waals surface area contributed by atoms with Gasteiger partial charge in [0.25, 0.3) is 5.09 Å². The molecule has 0 rings (SSSR count). The second-order valence-electron chi connectivity index (χ2n) is 2.46. The van der Waals surface area contributed by atoms with Crippen LogP contribution in [0.15, 0.2) is 0 Å². The van der Waals surface area contributed by atoms with Gasteiger partial charge in [0.2, 0.25) is 0 Å². The molecular formula is C5H11NO4. The fourth-order valence-electron chi connectivity index (χ4n) is 0.267. The maximum absolute atomic E-state index is 9.69. The molecular weight excluding hydrogens is 138 g/mol. The van der Waals surface area contributed by atoms with Crippen molar-refractivity contribution in [3.8, 4) is 0 Å². The maximum Gasteiger partial charge on any atom is 0.294 e. The third-order valence-corrected chi connectivity index (χ3v) is 1.07. The first-order valence-corrected chi connectivity index (χ1v) is 2.80. The molecule has 0 radical (unpaired) electrons. The average Bonchev–Trinajstić information content (AvgIpc) is 1.85. The summed E-state index contributed by atoms with van der Waals surface area (Å²) in [7, 11) is 1.48. The molecule has 0 aliphatic heterocycles. The monoisotopic (exact) mass is 149 g/mol. The van der Waals surface area contributed by atoms with Crippen molar-refractivity contribution in [2.24, 2.45) is 0 Å². The Morgan fingerprint density at radius 1 is 1.60 bits per heavy atom. The third kappa shape index (κ3) is 4.08. The van der Waals surface area contributed by atoms with Gasteiger partial charge in [0, 0.05) is 7.11 Å². The highest BCUT2D eigenvalue weighted by molar-refractivity contribution is 4.64. The molecule has 0 aliphatic rings. The first-order chi connectivity index (χ1) is 4.48. The lowest BCUT2D eigenvalue weighted by Gasteiger charge is -2.20. The quantitative estimate of drug-likeness (QED) is 0.434. The van der Waals surface area contributed by atoms with E-state index in [0.717, 1.165) is 0 Å². The highest BCUT2D eigenvalue weighted by atomic mass is 17.0. The first-order valence-electron chi connectivity index (χ1n) is 2.80. The van der Waals surface area contributed by atoms with Crippen LogP contribution in [-0.2, 0) is 9.57 Å². The zero-order valence-electron chi connectivity index (χ0n) is 6.29. The summed E-state index contributed by atoms with van der Waals surface area (Å²) in [6.45, 7) is 3.36. The lowest BCUT2D eigenvalue weighted by atomic mass is 10.2. The van der Waals surface area contributed by atoms with Crippen molar-refractivity contribution in [3.63, 3.8) is 0 Å².